The predicted octanol–water partition coefficient (Wildman–Crippen LogP) is 2.88. The van der Waals surface area contributed by atoms with Gasteiger partial charge in [0.05, 0.1) is 18.3 Å². The molecular formula is C17H20FN3OS. The van der Waals surface area contributed by atoms with Gasteiger partial charge in [-0.05, 0) is 50.0 Å². The van der Waals surface area contributed by atoms with Gasteiger partial charge in [0.2, 0.25) is 0 Å². The van der Waals surface area contributed by atoms with Crippen molar-refractivity contribution in [2.24, 2.45) is 11.7 Å². The molecule has 0 spiro atoms. The van der Waals surface area contributed by atoms with Gasteiger partial charge < -0.3 is 15.8 Å². The van der Waals surface area contributed by atoms with Gasteiger partial charge in [-0.15, -0.1) is 11.3 Å². The van der Waals surface area contributed by atoms with E-state index in [2.05, 4.69) is 5.32 Å². The maximum atomic E-state index is 13.7. The molecule has 1 unspecified atom stereocenters. The topological polar surface area (TPSA) is 60.2 Å². The Hall–Kier alpha value is -1.50. The molecule has 0 amide bonds. The maximum absolute atomic E-state index is 13.7. The summed E-state index contributed by atoms with van der Waals surface area (Å²) in [6.07, 6.45) is 2.96. The van der Waals surface area contributed by atoms with E-state index in [1.54, 1.807) is 17.4 Å². The molecular weight excluding hydrogens is 313 g/mol. The summed E-state index contributed by atoms with van der Waals surface area (Å²) in [7, 11) is 0. The normalized spacial score (nSPS) is 19.4. The molecule has 3 N–H and O–H groups in total. The summed E-state index contributed by atoms with van der Waals surface area (Å²) in [5.74, 6) is 0.907. The Labute approximate surface area is 138 Å². The first kappa shape index (κ1) is 15.1. The van der Waals surface area contributed by atoms with E-state index in [1.165, 1.54) is 12.1 Å². The van der Waals surface area contributed by atoms with E-state index >= 15 is 0 Å². The van der Waals surface area contributed by atoms with Crippen molar-refractivity contribution in [2.45, 2.75) is 25.3 Å². The lowest BCUT2D eigenvalue weighted by molar-refractivity contribution is 0.321. The fourth-order valence-electron chi connectivity index (χ4n) is 3.36. The van der Waals surface area contributed by atoms with Crippen molar-refractivity contribution in [3.8, 4) is 17.0 Å². The number of ether oxygens (including phenoxy) is 1. The van der Waals surface area contributed by atoms with Crippen LogP contribution < -0.4 is 15.8 Å². The van der Waals surface area contributed by atoms with E-state index in [1.807, 2.05) is 0 Å². The Balaban J connectivity index is 1.70. The molecule has 0 saturated carbocycles. The minimum atomic E-state index is -0.266. The van der Waals surface area contributed by atoms with Gasteiger partial charge in [-0.2, -0.15) is 0 Å². The van der Waals surface area contributed by atoms with Gasteiger partial charge >= 0.3 is 0 Å². The van der Waals surface area contributed by atoms with Gasteiger partial charge in [0.15, 0.2) is 0 Å². The molecule has 4 nitrogen and oxygen atoms in total. The minimum absolute atomic E-state index is 0.0352. The third-order valence-electron chi connectivity index (χ3n) is 4.67. The predicted molar refractivity (Wildman–Crippen MR) is 89.2 cm³/mol. The highest BCUT2D eigenvalue weighted by Crippen LogP contribution is 2.40. The van der Waals surface area contributed by atoms with Crippen molar-refractivity contribution in [2.75, 3.05) is 19.7 Å². The van der Waals surface area contributed by atoms with Crippen molar-refractivity contribution < 1.29 is 9.13 Å². The molecule has 2 aliphatic heterocycles. The van der Waals surface area contributed by atoms with Crippen LogP contribution in [0.5, 0.6) is 5.75 Å². The second-order valence-electron chi connectivity index (χ2n) is 6.18. The number of halogens is 1. The van der Waals surface area contributed by atoms with Gasteiger partial charge in [-0.25, -0.2) is 9.37 Å². The van der Waals surface area contributed by atoms with E-state index in [9.17, 15) is 4.39 Å². The van der Waals surface area contributed by atoms with Crippen molar-refractivity contribution in [3.05, 3.63) is 33.9 Å². The van der Waals surface area contributed by atoms with Gasteiger partial charge in [-0.1, -0.05) is 0 Å². The van der Waals surface area contributed by atoms with Gasteiger partial charge in [0.25, 0.3) is 0 Å². The third kappa shape index (κ3) is 2.86. The number of nitrogens with one attached hydrogen (secondary N) is 1. The highest BCUT2D eigenvalue weighted by Gasteiger charge is 2.27. The Kier molecular flexibility index (Phi) is 4.05. The van der Waals surface area contributed by atoms with Crippen LogP contribution in [0.2, 0.25) is 0 Å². The van der Waals surface area contributed by atoms with Crippen molar-refractivity contribution in [1.82, 2.24) is 10.3 Å². The molecule has 3 heterocycles. The zero-order valence-corrected chi connectivity index (χ0v) is 13.7. The van der Waals surface area contributed by atoms with E-state index in [-0.39, 0.29) is 11.9 Å². The third-order valence-corrected chi connectivity index (χ3v) is 5.89. The second-order valence-corrected chi connectivity index (χ2v) is 7.29. The van der Waals surface area contributed by atoms with Crippen LogP contribution in [0.3, 0.4) is 0 Å². The first-order valence-electron chi connectivity index (χ1n) is 8.11. The second kappa shape index (κ2) is 6.19. The Morgan fingerprint density at radius 2 is 2.17 bits per heavy atom. The summed E-state index contributed by atoms with van der Waals surface area (Å²) in [5, 5.41) is 4.34. The number of piperidine rings is 1. The summed E-state index contributed by atoms with van der Waals surface area (Å²) in [6, 6.07) is 4.59. The minimum Gasteiger partial charge on any atom is -0.493 e. The summed E-state index contributed by atoms with van der Waals surface area (Å²) in [6.45, 7) is 2.63. The standard InChI is InChI=1S/C17H20FN3OS/c18-11-1-2-13-12(9-11)16-14(5-8-22-13)23-17(21-16)15(19)10-3-6-20-7-4-10/h1-2,9-10,15,20H,3-8,19H2. The van der Waals surface area contributed by atoms with Crippen LogP contribution in [0.4, 0.5) is 4.39 Å². The van der Waals surface area contributed by atoms with Crippen LogP contribution in [0.1, 0.15) is 28.8 Å². The van der Waals surface area contributed by atoms with Crippen LogP contribution >= 0.6 is 11.3 Å². The maximum Gasteiger partial charge on any atom is 0.128 e. The largest absolute Gasteiger partial charge is 0.493 e. The lowest BCUT2D eigenvalue weighted by atomic mass is 9.91. The zero-order valence-electron chi connectivity index (χ0n) is 12.8. The summed E-state index contributed by atoms with van der Waals surface area (Å²) >= 11 is 1.66. The van der Waals surface area contributed by atoms with Crippen molar-refractivity contribution in [1.29, 1.82) is 0 Å². The Morgan fingerprint density at radius 3 is 3.00 bits per heavy atom. The van der Waals surface area contributed by atoms with Crippen LogP contribution in [0.25, 0.3) is 11.3 Å². The molecule has 4 rings (SSSR count). The average Bonchev–Trinajstić information content (AvgIpc) is 2.93. The molecule has 6 heteroatoms. The van der Waals surface area contributed by atoms with E-state index in [0.717, 1.165) is 53.5 Å². The van der Waals surface area contributed by atoms with Gasteiger partial charge in [-0.3, -0.25) is 0 Å². The molecule has 0 radical (unpaired) electrons. The molecule has 23 heavy (non-hydrogen) atoms. The zero-order chi connectivity index (χ0) is 15.8. The lowest BCUT2D eigenvalue weighted by Crippen LogP contribution is -2.33. The Morgan fingerprint density at radius 1 is 1.35 bits per heavy atom. The van der Waals surface area contributed by atoms with Gasteiger partial charge in [0, 0.05) is 16.9 Å². The number of nitrogens with two attached hydrogens (primary N) is 1. The molecule has 0 bridgehead atoms. The van der Waals surface area contributed by atoms with Crippen LogP contribution in [0.15, 0.2) is 18.2 Å². The molecule has 1 aromatic carbocycles. The molecule has 1 atom stereocenters. The van der Waals surface area contributed by atoms with E-state index < -0.39 is 0 Å². The number of fused-ring (bicyclic) bond motifs is 3. The summed E-state index contributed by atoms with van der Waals surface area (Å²) in [5.41, 5.74) is 8.08. The fourth-order valence-corrected chi connectivity index (χ4v) is 4.52. The molecule has 0 aliphatic carbocycles. The summed E-state index contributed by atoms with van der Waals surface area (Å²) in [4.78, 5) is 5.94. The first-order valence-corrected chi connectivity index (χ1v) is 8.92. The number of aromatic nitrogens is 1. The van der Waals surface area contributed by atoms with Gasteiger partial charge in [0.1, 0.15) is 16.6 Å². The van der Waals surface area contributed by atoms with Crippen molar-refractivity contribution >= 4 is 11.3 Å². The summed E-state index contributed by atoms with van der Waals surface area (Å²) < 4.78 is 19.4. The molecule has 1 fully saturated rings. The monoisotopic (exact) mass is 333 g/mol. The lowest BCUT2D eigenvalue weighted by Gasteiger charge is -2.26. The molecule has 122 valence electrons. The number of hydrogen-bond acceptors (Lipinski definition) is 5. The van der Waals surface area contributed by atoms with E-state index in [0.29, 0.717) is 18.3 Å². The SMILES string of the molecule is NC(c1nc2c(s1)CCOc1ccc(F)cc1-2)C1CCNCC1. The van der Waals surface area contributed by atoms with E-state index in [4.69, 9.17) is 15.5 Å². The Bertz CT molecular complexity index is 712. The number of nitrogens with zero attached hydrogens (tertiary/aromatic N) is 1. The fraction of sp³-hybridized carbons (Fsp3) is 0.471. The first-order chi connectivity index (χ1) is 11.2. The van der Waals surface area contributed by atoms with Crippen molar-refractivity contribution in [3.63, 3.8) is 0 Å². The number of benzene rings is 1. The highest BCUT2D eigenvalue weighted by molar-refractivity contribution is 7.12. The molecule has 1 aromatic heterocycles. The number of rotatable bonds is 2. The quantitative estimate of drug-likeness (QED) is 0.887. The smallest absolute Gasteiger partial charge is 0.128 e. The van der Waals surface area contributed by atoms with Crippen LogP contribution in [0, 0.1) is 11.7 Å². The molecule has 2 aliphatic rings. The van der Waals surface area contributed by atoms with Crippen LogP contribution in [-0.4, -0.2) is 24.7 Å². The number of hydrogen-bond donors (Lipinski definition) is 2. The average molecular weight is 333 g/mol. The number of thiazole rings is 1. The molecule has 2 aromatic rings. The highest BCUT2D eigenvalue weighted by atomic mass is 32.1. The van der Waals surface area contributed by atoms with Crippen LogP contribution in [-0.2, 0) is 6.42 Å². The molecule has 1 saturated heterocycles.